The zero-order valence-corrected chi connectivity index (χ0v) is 15.0. The molecule has 1 aromatic heterocycles. The number of amides is 1. The molecule has 1 amide bonds. The minimum atomic E-state index is -3.54. The Morgan fingerprint density at radius 3 is 2.40 bits per heavy atom. The molecule has 0 aliphatic carbocycles. The number of carbonyl (C=O) groups excluding carboxylic acids is 1. The molecule has 8 heteroatoms. The molecule has 1 N–H and O–H groups in total. The maximum atomic E-state index is 12.6. The van der Waals surface area contributed by atoms with Crippen LogP contribution in [0, 0.1) is 0 Å². The molecule has 0 atom stereocenters. The summed E-state index contributed by atoms with van der Waals surface area (Å²) < 4.78 is 33.3. The van der Waals surface area contributed by atoms with Crippen molar-refractivity contribution in [3.63, 3.8) is 0 Å². The van der Waals surface area contributed by atoms with Gasteiger partial charge in [-0.2, -0.15) is 4.31 Å². The molecule has 25 heavy (non-hydrogen) atoms. The fourth-order valence-corrected chi connectivity index (χ4v) is 4.44. The molecular weight excluding hydrogens is 342 g/mol. The molecule has 2 aromatic rings. The molecule has 2 heterocycles. The monoisotopic (exact) mass is 363 g/mol. The molecule has 0 bridgehead atoms. The van der Waals surface area contributed by atoms with E-state index in [0.29, 0.717) is 24.5 Å². The molecule has 0 unspecified atom stereocenters. The molecule has 0 saturated carbocycles. The van der Waals surface area contributed by atoms with Gasteiger partial charge in [0.1, 0.15) is 16.3 Å². The van der Waals surface area contributed by atoms with Crippen LogP contribution < -0.4 is 10.1 Å². The summed E-state index contributed by atoms with van der Waals surface area (Å²) in [5.74, 6) is 0.325. The first kappa shape index (κ1) is 17.5. The van der Waals surface area contributed by atoms with Crippen molar-refractivity contribution in [3.8, 4) is 5.75 Å². The van der Waals surface area contributed by atoms with E-state index in [1.165, 1.54) is 21.1 Å². The molecule has 1 aliphatic heterocycles. The number of aryl methyl sites for hydroxylation is 1. The number of nitrogens with zero attached hydrogens (tertiary/aromatic N) is 2. The number of hydrogen-bond acceptors (Lipinski definition) is 4. The maximum Gasteiger partial charge on any atom is 0.272 e. The third-order valence-corrected chi connectivity index (χ3v) is 6.13. The van der Waals surface area contributed by atoms with Gasteiger partial charge in [0, 0.05) is 32.0 Å². The molecule has 3 rings (SSSR count). The van der Waals surface area contributed by atoms with Crippen molar-refractivity contribution in [3.05, 3.63) is 42.2 Å². The number of anilines is 1. The fourth-order valence-electron chi connectivity index (χ4n) is 2.85. The lowest BCUT2D eigenvalue weighted by molar-refractivity contribution is 0.101. The SMILES string of the molecule is COc1ccc(NC(=O)c2cc(S(=O)(=O)N3CCCC3)cn2C)cc1. The predicted molar refractivity (Wildman–Crippen MR) is 94.4 cm³/mol. The lowest BCUT2D eigenvalue weighted by Gasteiger charge is -2.13. The summed E-state index contributed by atoms with van der Waals surface area (Å²) in [6, 6.07) is 8.35. The number of rotatable bonds is 5. The van der Waals surface area contributed by atoms with Gasteiger partial charge in [0.05, 0.1) is 7.11 Å². The lowest BCUT2D eigenvalue weighted by atomic mass is 10.3. The summed E-state index contributed by atoms with van der Waals surface area (Å²) in [6.45, 7) is 1.06. The molecule has 1 aromatic carbocycles. The second-order valence-electron chi connectivity index (χ2n) is 5.97. The van der Waals surface area contributed by atoms with E-state index in [-0.39, 0.29) is 16.5 Å². The molecule has 1 saturated heterocycles. The molecule has 7 nitrogen and oxygen atoms in total. The normalized spacial score (nSPS) is 15.3. The number of nitrogens with one attached hydrogen (secondary N) is 1. The minimum Gasteiger partial charge on any atom is -0.497 e. The second-order valence-corrected chi connectivity index (χ2v) is 7.90. The Kier molecular flexibility index (Phi) is 4.82. The van der Waals surface area contributed by atoms with Crippen LogP contribution in [-0.4, -0.2) is 43.4 Å². The number of benzene rings is 1. The van der Waals surface area contributed by atoms with Gasteiger partial charge in [-0.05, 0) is 43.2 Å². The summed E-state index contributed by atoms with van der Waals surface area (Å²) in [5.41, 5.74) is 0.893. The van der Waals surface area contributed by atoms with Crippen molar-refractivity contribution in [2.24, 2.45) is 7.05 Å². The van der Waals surface area contributed by atoms with Gasteiger partial charge in [0.2, 0.25) is 10.0 Å². The van der Waals surface area contributed by atoms with E-state index in [0.717, 1.165) is 12.8 Å². The minimum absolute atomic E-state index is 0.150. The van der Waals surface area contributed by atoms with E-state index < -0.39 is 10.0 Å². The number of sulfonamides is 1. The number of aromatic nitrogens is 1. The van der Waals surface area contributed by atoms with Crippen LogP contribution in [0.5, 0.6) is 5.75 Å². The Hall–Kier alpha value is -2.32. The Morgan fingerprint density at radius 2 is 1.80 bits per heavy atom. The average molecular weight is 363 g/mol. The topological polar surface area (TPSA) is 80.6 Å². The lowest BCUT2D eigenvalue weighted by Crippen LogP contribution is -2.27. The van der Waals surface area contributed by atoms with E-state index in [1.807, 2.05) is 0 Å². The summed E-state index contributed by atoms with van der Waals surface area (Å²) in [7, 11) is -0.312. The van der Waals surface area contributed by atoms with Crippen LogP contribution in [0.4, 0.5) is 5.69 Å². The largest absolute Gasteiger partial charge is 0.497 e. The van der Waals surface area contributed by atoms with Crippen LogP contribution in [0.2, 0.25) is 0 Å². The third-order valence-electron chi connectivity index (χ3n) is 4.26. The fraction of sp³-hybridized carbons (Fsp3) is 0.353. The van der Waals surface area contributed by atoms with E-state index in [1.54, 1.807) is 38.4 Å². The van der Waals surface area contributed by atoms with Gasteiger partial charge >= 0.3 is 0 Å². The van der Waals surface area contributed by atoms with Crippen molar-refractivity contribution < 1.29 is 17.9 Å². The van der Waals surface area contributed by atoms with Gasteiger partial charge in [-0.1, -0.05) is 0 Å². The van der Waals surface area contributed by atoms with Crippen molar-refractivity contribution in [1.29, 1.82) is 0 Å². The first-order valence-electron chi connectivity index (χ1n) is 8.04. The van der Waals surface area contributed by atoms with Gasteiger partial charge in [-0.3, -0.25) is 4.79 Å². The quantitative estimate of drug-likeness (QED) is 0.882. The summed E-state index contributed by atoms with van der Waals surface area (Å²) in [6.07, 6.45) is 3.23. The highest BCUT2D eigenvalue weighted by molar-refractivity contribution is 7.89. The van der Waals surface area contributed by atoms with Crippen LogP contribution in [0.3, 0.4) is 0 Å². The number of hydrogen-bond donors (Lipinski definition) is 1. The van der Waals surface area contributed by atoms with Crippen molar-refractivity contribution in [1.82, 2.24) is 8.87 Å². The molecule has 134 valence electrons. The third kappa shape index (κ3) is 3.54. The number of ether oxygens (including phenoxy) is 1. The molecule has 0 spiro atoms. The Balaban J connectivity index is 1.80. The van der Waals surface area contributed by atoms with Crippen molar-refractivity contribution >= 4 is 21.6 Å². The van der Waals surface area contributed by atoms with Crippen molar-refractivity contribution in [2.45, 2.75) is 17.7 Å². The van der Waals surface area contributed by atoms with Crippen LogP contribution in [-0.2, 0) is 17.1 Å². The highest BCUT2D eigenvalue weighted by Crippen LogP contribution is 2.23. The van der Waals surface area contributed by atoms with Crippen LogP contribution in [0.25, 0.3) is 0 Å². The van der Waals surface area contributed by atoms with Crippen LogP contribution >= 0.6 is 0 Å². The standard InChI is InChI=1S/C17H21N3O4S/c1-19-12-15(25(22,23)20-9-3-4-10-20)11-16(19)17(21)18-13-5-7-14(24-2)8-6-13/h5-8,11-12H,3-4,9-10H2,1-2H3,(H,18,21). The predicted octanol–water partition coefficient (Wildman–Crippen LogP) is 2.07. The van der Waals surface area contributed by atoms with Crippen LogP contribution in [0.15, 0.2) is 41.4 Å². The zero-order valence-electron chi connectivity index (χ0n) is 14.2. The summed E-state index contributed by atoms with van der Waals surface area (Å²) in [4.78, 5) is 12.6. The van der Waals surface area contributed by atoms with Gasteiger partial charge in [-0.15, -0.1) is 0 Å². The Morgan fingerprint density at radius 1 is 1.16 bits per heavy atom. The molecule has 1 fully saturated rings. The van der Waals surface area contributed by atoms with Crippen LogP contribution in [0.1, 0.15) is 23.3 Å². The summed E-state index contributed by atoms with van der Waals surface area (Å²) >= 11 is 0. The first-order chi connectivity index (χ1) is 11.9. The number of carbonyl (C=O) groups is 1. The first-order valence-corrected chi connectivity index (χ1v) is 9.48. The molecule has 0 radical (unpaired) electrons. The van der Waals surface area contributed by atoms with E-state index in [9.17, 15) is 13.2 Å². The highest BCUT2D eigenvalue weighted by Gasteiger charge is 2.29. The number of methoxy groups -OCH3 is 1. The average Bonchev–Trinajstić information content (AvgIpc) is 3.25. The summed E-state index contributed by atoms with van der Waals surface area (Å²) in [5, 5.41) is 2.76. The van der Waals surface area contributed by atoms with Crippen molar-refractivity contribution in [2.75, 3.05) is 25.5 Å². The van der Waals surface area contributed by atoms with Gasteiger partial charge in [-0.25, -0.2) is 8.42 Å². The molecule has 1 aliphatic rings. The second kappa shape index (κ2) is 6.89. The van der Waals surface area contributed by atoms with Gasteiger partial charge in [0.15, 0.2) is 0 Å². The maximum absolute atomic E-state index is 12.6. The van der Waals surface area contributed by atoms with Gasteiger partial charge < -0.3 is 14.6 Å². The van der Waals surface area contributed by atoms with E-state index in [2.05, 4.69) is 5.32 Å². The smallest absolute Gasteiger partial charge is 0.272 e. The molecular formula is C17H21N3O4S. The van der Waals surface area contributed by atoms with Gasteiger partial charge in [0.25, 0.3) is 5.91 Å². The Bertz CT molecular complexity index is 866. The van der Waals surface area contributed by atoms with E-state index in [4.69, 9.17) is 4.74 Å². The Labute approximate surface area is 147 Å². The zero-order chi connectivity index (χ0) is 18.0. The highest BCUT2D eigenvalue weighted by atomic mass is 32.2. The van der Waals surface area contributed by atoms with E-state index >= 15 is 0 Å².